The average Bonchev–Trinajstić information content (AvgIpc) is 3.03. The molecule has 118 valence electrons. The molecule has 0 aromatic carbocycles. The summed E-state index contributed by atoms with van der Waals surface area (Å²) in [7, 11) is 0. The summed E-state index contributed by atoms with van der Waals surface area (Å²) in [5.74, 6) is -1.31. The topological polar surface area (TPSA) is 66.4 Å². The van der Waals surface area contributed by atoms with Crippen molar-refractivity contribution in [2.75, 3.05) is 0 Å². The second-order valence-electron chi connectivity index (χ2n) is 6.80. The molecular formula is C14H18F3NO3. The van der Waals surface area contributed by atoms with Crippen molar-refractivity contribution in [1.29, 1.82) is 0 Å². The van der Waals surface area contributed by atoms with Crippen LogP contribution in [0.2, 0.25) is 0 Å². The van der Waals surface area contributed by atoms with Crippen molar-refractivity contribution in [2.24, 2.45) is 23.2 Å². The van der Waals surface area contributed by atoms with E-state index in [9.17, 15) is 22.8 Å². The number of nitrogens with one attached hydrogen (secondary N) is 1. The Morgan fingerprint density at radius 3 is 2.38 bits per heavy atom. The first kappa shape index (κ1) is 14.7. The number of aliphatic carboxylic acids is 1. The van der Waals surface area contributed by atoms with E-state index in [2.05, 4.69) is 5.32 Å². The Morgan fingerprint density at radius 2 is 1.86 bits per heavy atom. The van der Waals surface area contributed by atoms with Crippen LogP contribution in [-0.2, 0) is 9.59 Å². The van der Waals surface area contributed by atoms with Crippen molar-refractivity contribution in [2.45, 2.75) is 50.7 Å². The highest BCUT2D eigenvalue weighted by Crippen LogP contribution is 2.60. The molecule has 2 N–H and O–H groups in total. The fraction of sp³-hybridized carbons (Fsp3) is 0.857. The van der Waals surface area contributed by atoms with Crippen molar-refractivity contribution >= 4 is 11.9 Å². The van der Waals surface area contributed by atoms with Gasteiger partial charge in [-0.3, -0.25) is 9.59 Å². The molecule has 7 heteroatoms. The summed E-state index contributed by atoms with van der Waals surface area (Å²) in [6.45, 7) is 0. The fourth-order valence-electron chi connectivity index (χ4n) is 3.87. The van der Waals surface area contributed by atoms with E-state index in [1.807, 2.05) is 0 Å². The van der Waals surface area contributed by atoms with Gasteiger partial charge in [0.05, 0.1) is 11.3 Å². The number of carbonyl (C=O) groups excluding carboxylic acids is 1. The molecule has 4 atom stereocenters. The van der Waals surface area contributed by atoms with Crippen molar-refractivity contribution in [3.8, 4) is 0 Å². The third-order valence-electron chi connectivity index (χ3n) is 5.47. The number of alkyl halides is 3. The number of rotatable bonds is 4. The van der Waals surface area contributed by atoms with Gasteiger partial charge in [0.25, 0.3) is 0 Å². The highest BCUT2D eigenvalue weighted by Gasteiger charge is 2.64. The minimum atomic E-state index is -4.31. The first-order chi connectivity index (χ1) is 9.72. The molecule has 0 heterocycles. The molecule has 1 unspecified atom stereocenters. The molecule has 0 saturated heterocycles. The molecule has 3 aliphatic rings. The Morgan fingerprint density at radius 1 is 1.19 bits per heavy atom. The minimum Gasteiger partial charge on any atom is -0.481 e. The fourth-order valence-corrected chi connectivity index (χ4v) is 3.87. The summed E-state index contributed by atoms with van der Waals surface area (Å²) in [5, 5.41) is 11.7. The molecule has 3 aliphatic carbocycles. The van der Waals surface area contributed by atoms with E-state index in [0.29, 0.717) is 25.2 Å². The number of amides is 1. The van der Waals surface area contributed by atoms with Crippen LogP contribution in [0.1, 0.15) is 38.5 Å². The molecule has 0 aromatic heterocycles. The molecule has 3 fully saturated rings. The molecule has 0 aromatic rings. The van der Waals surface area contributed by atoms with Gasteiger partial charge in [-0.15, -0.1) is 0 Å². The summed E-state index contributed by atoms with van der Waals surface area (Å²) in [5.41, 5.74) is -1.81. The number of hydrogen-bond donors (Lipinski definition) is 2. The maximum atomic E-state index is 12.8. The second kappa shape index (κ2) is 4.61. The van der Waals surface area contributed by atoms with Gasteiger partial charge in [-0.05, 0) is 43.9 Å². The lowest BCUT2D eigenvalue weighted by Gasteiger charge is -2.41. The summed E-state index contributed by atoms with van der Waals surface area (Å²) in [4.78, 5) is 22.8. The van der Waals surface area contributed by atoms with Gasteiger partial charge in [0.15, 0.2) is 0 Å². The number of carbonyl (C=O) groups is 2. The van der Waals surface area contributed by atoms with Crippen LogP contribution in [0.15, 0.2) is 0 Å². The predicted octanol–water partition coefficient (Wildman–Crippen LogP) is 2.33. The molecule has 21 heavy (non-hydrogen) atoms. The largest absolute Gasteiger partial charge is 0.481 e. The maximum Gasteiger partial charge on any atom is 0.395 e. The van der Waals surface area contributed by atoms with E-state index in [1.165, 1.54) is 0 Å². The van der Waals surface area contributed by atoms with Gasteiger partial charge in [0.1, 0.15) is 0 Å². The van der Waals surface area contributed by atoms with Gasteiger partial charge in [-0.1, -0.05) is 0 Å². The molecule has 1 amide bonds. The molecule has 0 aliphatic heterocycles. The SMILES string of the molecule is O=C(CC1(C(F)(F)F)CC1)N[C@H]1C[C@H]2CC(C(=O)O)C[C@H]21. The minimum absolute atomic E-state index is 0.0295. The zero-order chi connectivity index (χ0) is 15.4. The molecule has 0 radical (unpaired) electrons. The Balaban J connectivity index is 1.51. The Labute approximate surface area is 120 Å². The van der Waals surface area contributed by atoms with Crippen LogP contribution in [0.4, 0.5) is 13.2 Å². The van der Waals surface area contributed by atoms with Crippen molar-refractivity contribution in [3.63, 3.8) is 0 Å². The number of carboxylic acids is 1. The third kappa shape index (κ3) is 2.51. The number of hydrogen-bond acceptors (Lipinski definition) is 2. The Bertz CT molecular complexity index is 473. The first-order valence-corrected chi connectivity index (χ1v) is 7.31. The van der Waals surface area contributed by atoms with Gasteiger partial charge in [-0.25, -0.2) is 0 Å². The average molecular weight is 305 g/mol. The Hall–Kier alpha value is -1.27. The van der Waals surface area contributed by atoms with Gasteiger partial charge < -0.3 is 10.4 Å². The molecule has 0 bridgehead atoms. The summed E-state index contributed by atoms with van der Waals surface area (Å²) in [6, 6.07) is -0.143. The normalized spacial score (nSPS) is 36.5. The van der Waals surface area contributed by atoms with Crippen LogP contribution in [0, 0.1) is 23.2 Å². The van der Waals surface area contributed by atoms with Gasteiger partial charge >= 0.3 is 12.1 Å². The number of carboxylic acid groups (broad SMARTS) is 1. The smallest absolute Gasteiger partial charge is 0.395 e. The van der Waals surface area contributed by atoms with E-state index < -0.39 is 29.9 Å². The standard InChI is InChI=1S/C14H18F3NO3/c15-14(16,17)13(1-2-13)6-11(19)18-10-5-7-3-8(12(20)21)4-9(7)10/h7-10H,1-6H2,(H,18,19)(H,20,21)/t7-,8?,9-,10+/m1/s1. The summed E-state index contributed by atoms with van der Waals surface area (Å²) in [6.07, 6.45) is -2.90. The van der Waals surface area contributed by atoms with Crippen molar-refractivity contribution in [3.05, 3.63) is 0 Å². The van der Waals surface area contributed by atoms with Crippen LogP contribution >= 0.6 is 0 Å². The quantitative estimate of drug-likeness (QED) is 0.838. The molecule has 3 saturated carbocycles. The zero-order valence-electron chi connectivity index (χ0n) is 11.4. The van der Waals surface area contributed by atoms with Gasteiger partial charge in [0.2, 0.25) is 5.91 Å². The maximum absolute atomic E-state index is 12.8. The molecule has 3 rings (SSSR count). The first-order valence-electron chi connectivity index (χ1n) is 7.31. The van der Waals surface area contributed by atoms with Crippen molar-refractivity contribution < 1.29 is 27.9 Å². The van der Waals surface area contributed by atoms with E-state index in [4.69, 9.17) is 5.11 Å². The zero-order valence-corrected chi connectivity index (χ0v) is 11.4. The lowest BCUT2D eigenvalue weighted by atomic mass is 9.71. The highest BCUT2D eigenvalue weighted by molar-refractivity contribution is 5.78. The second-order valence-corrected chi connectivity index (χ2v) is 6.80. The van der Waals surface area contributed by atoms with Crippen molar-refractivity contribution in [1.82, 2.24) is 5.32 Å². The number of halogens is 3. The van der Waals surface area contributed by atoms with Crippen LogP contribution in [0.25, 0.3) is 0 Å². The van der Waals surface area contributed by atoms with Crippen LogP contribution in [-0.4, -0.2) is 29.2 Å². The van der Waals surface area contributed by atoms with Gasteiger partial charge in [0, 0.05) is 12.5 Å². The lowest BCUT2D eigenvalue weighted by molar-refractivity contribution is -0.190. The van der Waals surface area contributed by atoms with Crippen LogP contribution < -0.4 is 5.32 Å². The van der Waals surface area contributed by atoms with E-state index in [-0.39, 0.29) is 30.7 Å². The summed E-state index contributed by atoms with van der Waals surface area (Å²) < 4.78 is 38.4. The Kier molecular flexibility index (Phi) is 3.22. The lowest BCUT2D eigenvalue weighted by Crippen LogP contribution is -2.51. The molecule has 0 spiro atoms. The van der Waals surface area contributed by atoms with Gasteiger partial charge in [-0.2, -0.15) is 13.2 Å². The van der Waals surface area contributed by atoms with E-state index >= 15 is 0 Å². The highest BCUT2D eigenvalue weighted by atomic mass is 19.4. The predicted molar refractivity (Wildman–Crippen MR) is 66.2 cm³/mol. The third-order valence-corrected chi connectivity index (χ3v) is 5.47. The van der Waals surface area contributed by atoms with E-state index in [1.54, 1.807) is 0 Å². The molecule has 4 nitrogen and oxygen atoms in total. The number of fused-ring (bicyclic) bond motifs is 1. The monoisotopic (exact) mass is 305 g/mol. The molecular weight excluding hydrogens is 287 g/mol. The van der Waals surface area contributed by atoms with Crippen LogP contribution in [0.5, 0.6) is 0 Å². The van der Waals surface area contributed by atoms with E-state index in [0.717, 1.165) is 0 Å². The summed E-state index contributed by atoms with van der Waals surface area (Å²) >= 11 is 0. The van der Waals surface area contributed by atoms with Crippen LogP contribution in [0.3, 0.4) is 0 Å².